The second kappa shape index (κ2) is 20.7. The number of aromatic nitrogens is 2. The third kappa shape index (κ3) is 11.8. The van der Waals surface area contributed by atoms with Crippen LogP contribution < -0.4 is 15.8 Å². The summed E-state index contributed by atoms with van der Waals surface area (Å²) < 4.78 is 12.7. The number of ether oxygens (including phenoxy) is 2. The Morgan fingerprint density at radius 2 is 1.76 bits per heavy atom. The summed E-state index contributed by atoms with van der Waals surface area (Å²) in [6.07, 6.45) is 7.98. The van der Waals surface area contributed by atoms with Gasteiger partial charge in [-0.1, -0.05) is 52.2 Å². The van der Waals surface area contributed by atoms with Crippen LogP contribution in [0.25, 0.3) is 23.2 Å². The van der Waals surface area contributed by atoms with Gasteiger partial charge in [-0.3, -0.25) is 9.36 Å². The van der Waals surface area contributed by atoms with Gasteiger partial charge in [0, 0.05) is 36.2 Å². The van der Waals surface area contributed by atoms with Crippen molar-refractivity contribution in [3.63, 3.8) is 0 Å². The van der Waals surface area contributed by atoms with Gasteiger partial charge in [-0.05, 0) is 81.6 Å². The fourth-order valence-corrected chi connectivity index (χ4v) is 3.82. The van der Waals surface area contributed by atoms with Gasteiger partial charge in [-0.2, -0.15) is 0 Å². The van der Waals surface area contributed by atoms with Crippen molar-refractivity contribution in [3.05, 3.63) is 78.3 Å². The largest absolute Gasteiger partial charge is 0.481 e. The molecule has 0 atom stereocenters. The maximum Gasteiger partial charge on any atom is 0.160 e. The number of hydrogen-bond acceptors (Lipinski definition) is 6. The molecule has 0 aliphatic carbocycles. The molecule has 0 saturated heterocycles. The minimum Gasteiger partial charge on any atom is -0.481 e. The van der Waals surface area contributed by atoms with Crippen molar-refractivity contribution >= 4 is 23.4 Å². The zero-order valence-corrected chi connectivity index (χ0v) is 26.4. The van der Waals surface area contributed by atoms with Crippen LogP contribution in [0.4, 0.5) is 5.69 Å². The lowest BCUT2D eigenvalue weighted by atomic mass is 10.0. The summed E-state index contributed by atoms with van der Waals surface area (Å²) >= 11 is 0. The Bertz CT molecular complexity index is 1320. The molecule has 0 aliphatic heterocycles. The predicted molar refractivity (Wildman–Crippen MR) is 178 cm³/mol. The van der Waals surface area contributed by atoms with Gasteiger partial charge in [-0.15, -0.1) is 0 Å². The number of hydrogen-bond donors (Lipinski definition) is 2. The molecule has 0 saturated carbocycles. The number of benzene rings is 2. The normalized spacial score (nSPS) is 10.0. The van der Waals surface area contributed by atoms with Crippen LogP contribution in [0.2, 0.25) is 0 Å². The van der Waals surface area contributed by atoms with Crippen molar-refractivity contribution in [1.29, 1.82) is 0 Å². The molecule has 42 heavy (non-hydrogen) atoms. The molecule has 1 aromatic heterocycles. The van der Waals surface area contributed by atoms with Gasteiger partial charge in [0.05, 0.1) is 24.1 Å². The Balaban J connectivity index is 0.000000858. The van der Waals surface area contributed by atoms with E-state index in [-0.39, 0.29) is 5.78 Å². The first-order chi connectivity index (χ1) is 20.4. The molecule has 226 valence electrons. The second-order valence-corrected chi connectivity index (χ2v) is 8.99. The quantitative estimate of drug-likeness (QED) is 0.131. The number of carbonyl (C=O) groups excluding carboxylic acids is 1. The van der Waals surface area contributed by atoms with Gasteiger partial charge in [0.1, 0.15) is 12.4 Å². The van der Waals surface area contributed by atoms with E-state index >= 15 is 0 Å². The second-order valence-electron chi connectivity index (χ2n) is 8.99. The van der Waals surface area contributed by atoms with E-state index in [2.05, 4.69) is 42.6 Å². The highest BCUT2D eigenvalue weighted by Gasteiger charge is 2.14. The number of nitrogens with one attached hydrogen (secondary N) is 1. The molecule has 0 radical (unpaired) electrons. The number of nitrogens with zero attached hydrogens (tertiary/aromatic N) is 2. The first-order valence-electron chi connectivity index (χ1n) is 14.6. The molecular weight excluding hydrogens is 524 g/mol. The summed E-state index contributed by atoms with van der Waals surface area (Å²) in [4.78, 5) is 16.3. The zero-order chi connectivity index (χ0) is 31.3. The number of imidazole rings is 1. The van der Waals surface area contributed by atoms with Crippen molar-refractivity contribution in [2.45, 2.75) is 61.3 Å². The van der Waals surface area contributed by atoms with Gasteiger partial charge in [0.2, 0.25) is 0 Å². The fraction of sp³-hybridized carbons (Fsp3) is 0.371. The van der Waals surface area contributed by atoms with E-state index in [9.17, 15) is 4.79 Å². The highest BCUT2D eigenvalue weighted by molar-refractivity contribution is 5.96. The van der Waals surface area contributed by atoms with E-state index in [0.29, 0.717) is 30.2 Å². The Hall–Kier alpha value is -4.12. The van der Waals surface area contributed by atoms with E-state index in [1.165, 1.54) is 0 Å². The van der Waals surface area contributed by atoms with Crippen molar-refractivity contribution in [2.24, 2.45) is 5.73 Å². The highest BCUT2D eigenvalue weighted by Crippen LogP contribution is 2.27. The van der Waals surface area contributed by atoms with E-state index in [1.807, 2.05) is 93.2 Å². The third-order valence-corrected chi connectivity index (χ3v) is 5.65. The molecule has 0 amide bonds. The number of rotatable bonds is 12. The molecule has 0 aliphatic rings. The average molecular weight is 573 g/mol. The monoisotopic (exact) mass is 572 g/mol. The first-order valence-corrected chi connectivity index (χ1v) is 14.6. The molecule has 0 unspecified atom stereocenters. The summed E-state index contributed by atoms with van der Waals surface area (Å²) in [6, 6.07) is 13.4. The van der Waals surface area contributed by atoms with Crippen LogP contribution in [0.3, 0.4) is 0 Å². The van der Waals surface area contributed by atoms with Crippen LogP contribution in [-0.4, -0.2) is 41.7 Å². The van der Waals surface area contributed by atoms with Gasteiger partial charge >= 0.3 is 0 Å². The van der Waals surface area contributed by atoms with E-state index < -0.39 is 0 Å². The summed E-state index contributed by atoms with van der Waals surface area (Å²) in [5, 5.41) is 3.31. The van der Waals surface area contributed by atoms with Crippen LogP contribution >= 0.6 is 0 Å². The SMILES string of the molecule is C=C(Nc1ccc(C(C)=O)c(C)c1)c1ncc(-c2ccc(OCC#CCN)cc2)n1/C=C\C.CC.CCCOCCC. The van der Waals surface area contributed by atoms with Crippen LogP contribution in [-0.2, 0) is 4.74 Å². The van der Waals surface area contributed by atoms with Crippen LogP contribution in [0.15, 0.2) is 61.3 Å². The molecular formula is C35H48N4O3. The first kappa shape index (κ1) is 35.9. The Labute approximate surface area is 252 Å². The molecule has 7 nitrogen and oxygen atoms in total. The summed E-state index contributed by atoms with van der Waals surface area (Å²) in [5.74, 6) is 7.09. The Morgan fingerprint density at radius 3 is 2.31 bits per heavy atom. The zero-order valence-electron chi connectivity index (χ0n) is 26.4. The van der Waals surface area contributed by atoms with Crippen LogP contribution in [0, 0.1) is 18.8 Å². The molecule has 3 N–H and O–H groups in total. The number of ketones is 1. The van der Waals surface area contributed by atoms with Crippen molar-refractivity contribution < 1.29 is 14.3 Å². The standard InChI is InChI=1S/C27H28N4O2.C6H14O.C2H6/c1-5-15-31-26(22-8-11-24(12-9-22)33-16-7-6-14-28)18-29-27(31)20(3)30-23-10-13-25(21(4)32)19(2)17-23;1-3-5-7-6-4-2;1-2/h5,8-13,15,17-18,30H,3,14,16,28H2,1-2,4H3;3-6H2,1-2H3;1-2H3/b15-5-;;. The minimum absolute atomic E-state index is 0.0473. The number of anilines is 1. The maximum absolute atomic E-state index is 11.7. The molecule has 0 spiro atoms. The molecule has 1 heterocycles. The van der Waals surface area contributed by atoms with Crippen LogP contribution in [0.1, 0.15) is 76.1 Å². The highest BCUT2D eigenvalue weighted by atomic mass is 16.5. The molecule has 3 aromatic rings. The number of aryl methyl sites for hydroxylation is 1. The molecule has 7 heteroatoms. The number of allylic oxidation sites excluding steroid dienone is 1. The van der Waals surface area contributed by atoms with Gasteiger partial charge in [0.25, 0.3) is 0 Å². The van der Waals surface area contributed by atoms with Gasteiger partial charge < -0.3 is 20.5 Å². The van der Waals surface area contributed by atoms with Gasteiger partial charge in [0.15, 0.2) is 11.6 Å². The van der Waals surface area contributed by atoms with Crippen molar-refractivity contribution in [1.82, 2.24) is 9.55 Å². The van der Waals surface area contributed by atoms with E-state index in [1.54, 1.807) is 6.92 Å². The van der Waals surface area contributed by atoms with Crippen LogP contribution in [0.5, 0.6) is 5.75 Å². The number of Topliss-reactive ketones (excluding diaryl/α,β-unsaturated/α-hetero) is 1. The molecule has 0 bridgehead atoms. The predicted octanol–water partition coefficient (Wildman–Crippen LogP) is 7.82. The molecule has 3 rings (SSSR count). The van der Waals surface area contributed by atoms with E-state index in [4.69, 9.17) is 15.2 Å². The maximum atomic E-state index is 11.7. The third-order valence-electron chi connectivity index (χ3n) is 5.65. The lowest BCUT2D eigenvalue weighted by molar-refractivity contribution is 0.101. The number of carbonyl (C=O) groups is 1. The Kier molecular flexibility index (Phi) is 17.7. The molecule has 2 aromatic carbocycles. The van der Waals surface area contributed by atoms with Gasteiger partial charge in [-0.25, -0.2) is 4.98 Å². The summed E-state index contributed by atoms with van der Waals surface area (Å²) in [5.41, 5.74) is 10.4. The van der Waals surface area contributed by atoms with Crippen molar-refractivity contribution in [3.8, 4) is 28.8 Å². The smallest absolute Gasteiger partial charge is 0.160 e. The Morgan fingerprint density at radius 1 is 1.10 bits per heavy atom. The average Bonchev–Trinajstić information content (AvgIpc) is 3.41. The molecule has 0 fully saturated rings. The summed E-state index contributed by atoms with van der Waals surface area (Å²) in [6.45, 7) is 20.3. The minimum atomic E-state index is 0.0473. The van der Waals surface area contributed by atoms with E-state index in [0.717, 1.165) is 54.3 Å². The summed E-state index contributed by atoms with van der Waals surface area (Å²) in [7, 11) is 0. The fourth-order valence-electron chi connectivity index (χ4n) is 3.82. The lowest BCUT2D eigenvalue weighted by Crippen LogP contribution is -2.05. The number of nitrogens with two attached hydrogens (primary N) is 1. The van der Waals surface area contributed by atoms with Crippen molar-refractivity contribution in [2.75, 3.05) is 31.7 Å². The topological polar surface area (TPSA) is 91.4 Å². The lowest BCUT2D eigenvalue weighted by Gasteiger charge is -2.13.